The third-order valence-corrected chi connectivity index (χ3v) is 3.48. The van der Waals surface area contributed by atoms with Crippen LogP contribution < -0.4 is 5.69 Å². The van der Waals surface area contributed by atoms with Gasteiger partial charge in [0, 0.05) is 11.6 Å². The van der Waals surface area contributed by atoms with Crippen molar-refractivity contribution in [3.63, 3.8) is 0 Å². The first-order valence-corrected chi connectivity index (χ1v) is 6.10. The highest BCUT2D eigenvalue weighted by Crippen LogP contribution is 2.21. The fourth-order valence-electron chi connectivity index (χ4n) is 2.42. The Morgan fingerprint density at radius 3 is 2.67 bits per heavy atom. The van der Waals surface area contributed by atoms with Crippen LogP contribution in [0.2, 0.25) is 5.02 Å². The average Bonchev–Trinajstić information content (AvgIpc) is 2.93. The third kappa shape index (κ3) is 1.48. The zero-order valence-corrected chi connectivity index (χ0v) is 10.3. The second kappa shape index (κ2) is 4.04. The zero-order chi connectivity index (χ0) is 12.7. The Morgan fingerprint density at radius 2 is 2.00 bits per heavy atom. The Labute approximate surface area is 109 Å². The molecule has 3 rings (SSSR count). The number of halogens is 1. The first-order chi connectivity index (χ1) is 8.72. The highest BCUT2D eigenvalue weighted by atomic mass is 35.5. The molecule has 2 heterocycles. The molecule has 0 saturated heterocycles. The van der Waals surface area contributed by atoms with Crippen molar-refractivity contribution in [2.45, 2.75) is 19.4 Å². The highest BCUT2D eigenvalue weighted by molar-refractivity contribution is 6.30. The Morgan fingerprint density at radius 1 is 1.28 bits per heavy atom. The van der Waals surface area contributed by atoms with E-state index < -0.39 is 0 Å². The molecule has 0 spiro atoms. The number of benzene rings is 1. The summed E-state index contributed by atoms with van der Waals surface area (Å²) in [4.78, 5) is 12.3. The van der Waals surface area contributed by atoms with E-state index in [0.29, 0.717) is 22.9 Å². The van der Waals surface area contributed by atoms with Crippen LogP contribution in [0, 0.1) is 11.3 Å². The molecule has 2 aromatic rings. The van der Waals surface area contributed by atoms with Crippen LogP contribution in [0.5, 0.6) is 0 Å². The van der Waals surface area contributed by atoms with E-state index in [1.54, 1.807) is 28.8 Å². The molecule has 0 bridgehead atoms. The van der Waals surface area contributed by atoms with Gasteiger partial charge in [0.25, 0.3) is 0 Å². The number of hydrogen-bond acceptors (Lipinski definition) is 2. The summed E-state index contributed by atoms with van der Waals surface area (Å²) in [5.41, 5.74) is 1.83. The van der Waals surface area contributed by atoms with Crippen LogP contribution in [0.25, 0.3) is 5.69 Å². The minimum absolute atomic E-state index is 0.138. The van der Waals surface area contributed by atoms with Crippen LogP contribution in [0.3, 0.4) is 0 Å². The summed E-state index contributed by atoms with van der Waals surface area (Å²) < 4.78 is 3.15. The third-order valence-electron chi connectivity index (χ3n) is 3.23. The molecule has 0 saturated carbocycles. The topological polar surface area (TPSA) is 50.7 Å². The molecule has 1 aromatic carbocycles. The summed E-state index contributed by atoms with van der Waals surface area (Å²) in [5.74, 6) is 0. The lowest BCUT2D eigenvalue weighted by molar-refractivity contribution is 0.698. The van der Waals surface area contributed by atoms with E-state index in [1.165, 1.54) is 4.57 Å². The van der Waals surface area contributed by atoms with Crippen molar-refractivity contribution in [1.29, 1.82) is 5.26 Å². The molecule has 90 valence electrons. The second-order valence-electron chi connectivity index (χ2n) is 4.26. The number of nitrogens with zero attached hydrogens (tertiary/aromatic N) is 3. The number of fused-ring (bicyclic) bond motifs is 1. The molecule has 4 nitrogen and oxygen atoms in total. The maximum absolute atomic E-state index is 12.3. The molecule has 5 heteroatoms. The smallest absolute Gasteiger partial charge is 0.295 e. The van der Waals surface area contributed by atoms with Crippen LogP contribution in [0.4, 0.5) is 0 Å². The van der Waals surface area contributed by atoms with Crippen LogP contribution in [0.15, 0.2) is 29.1 Å². The molecule has 0 radical (unpaired) electrons. The first-order valence-electron chi connectivity index (χ1n) is 5.73. The van der Waals surface area contributed by atoms with E-state index in [2.05, 4.69) is 6.07 Å². The van der Waals surface area contributed by atoms with Gasteiger partial charge in [-0.15, -0.1) is 0 Å². The molecule has 1 aromatic heterocycles. The summed E-state index contributed by atoms with van der Waals surface area (Å²) in [6.45, 7) is 0.698. The van der Waals surface area contributed by atoms with Crippen LogP contribution in [-0.4, -0.2) is 9.13 Å². The second-order valence-corrected chi connectivity index (χ2v) is 4.69. The van der Waals surface area contributed by atoms with Gasteiger partial charge in [0.15, 0.2) is 0 Å². The monoisotopic (exact) mass is 259 g/mol. The van der Waals surface area contributed by atoms with Crippen molar-refractivity contribution >= 4 is 11.6 Å². The number of hydrogen-bond donors (Lipinski definition) is 0. The summed E-state index contributed by atoms with van der Waals surface area (Å²) >= 11 is 5.83. The number of aromatic nitrogens is 2. The van der Waals surface area contributed by atoms with Crippen molar-refractivity contribution in [3.05, 3.63) is 51.2 Å². The lowest BCUT2D eigenvalue weighted by atomic mass is 10.2. The molecule has 0 unspecified atom stereocenters. The molecule has 0 N–H and O–H groups in total. The van der Waals surface area contributed by atoms with Crippen LogP contribution >= 0.6 is 11.6 Å². The van der Waals surface area contributed by atoms with Gasteiger partial charge in [0.1, 0.15) is 11.8 Å². The van der Waals surface area contributed by atoms with E-state index in [1.807, 2.05) is 0 Å². The van der Waals surface area contributed by atoms with Gasteiger partial charge in [-0.2, -0.15) is 5.26 Å². The first kappa shape index (κ1) is 11.1. The molecule has 0 fully saturated rings. The summed E-state index contributed by atoms with van der Waals surface area (Å²) in [7, 11) is 0. The summed E-state index contributed by atoms with van der Waals surface area (Å²) in [6, 6.07) is 9.07. The predicted octanol–water partition coefficient (Wildman–Crippen LogP) is 2.11. The fourth-order valence-corrected chi connectivity index (χ4v) is 2.55. The predicted molar refractivity (Wildman–Crippen MR) is 68.1 cm³/mol. The van der Waals surface area contributed by atoms with E-state index in [-0.39, 0.29) is 5.69 Å². The Kier molecular flexibility index (Phi) is 2.49. The van der Waals surface area contributed by atoms with E-state index in [9.17, 15) is 10.1 Å². The number of nitriles is 1. The van der Waals surface area contributed by atoms with E-state index >= 15 is 0 Å². The van der Waals surface area contributed by atoms with Gasteiger partial charge in [-0.1, -0.05) is 11.6 Å². The standard InChI is InChI=1S/C13H10ClN3O/c14-9-3-5-10(6-4-9)17-12(8-15)11-2-1-7-16(11)13(17)18/h3-6H,1-2,7H2. The van der Waals surface area contributed by atoms with Crippen LogP contribution in [0.1, 0.15) is 17.8 Å². The largest absolute Gasteiger partial charge is 0.334 e. The van der Waals surface area contributed by atoms with E-state index in [0.717, 1.165) is 18.5 Å². The normalized spacial score (nSPS) is 13.3. The van der Waals surface area contributed by atoms with Crippen molar-refractivity contribution in [2.24, 2.45) is 0 Å². The quantitative estimate of drug-likeness (QED) is 0.788. The van der Waals surface area contributed by atoms with Gasteiger partial charge in [-0.3, -0.25) is 9.13 Å². The fraction of sp³-hybridized carbons (Fsp3) is 0.231. The van der Waals surface area contributed by atoms with Gasteiger partial charge in [-0.25, -0.2) is 4.79 Å². The highest BCUT2D eigenvalue weighted by Gasteiger charge is 2.23. The molecule has 1 aliphatic rings. The molecular weight excluding hydrogens is 250 g/mol. The maximum atomic E-state index is 12.3. The average molecular weight is 260 g/mol. The lowest BCUT2D eigenvalue weighted by Gasteiger charge is -2.03. The molecule has 0 amide bonds. The molecule has 18 heavy (non-hydrogen) atoms. The SMILES string of the molecule is N#Cc1c2n(c(=O)n1-c1ccc(Cl)cc1)CCC2. The maximum Gasteiger partial charge on any atom is 0.334 e. The lowest BCUT2D eigenvalue weighted by Crippen LogP contribution is -2.22. The minimum Gasteiger partial charge on any atom is -0.295 e. The Balaban J connectivity index is 2.28. The Bertz CT molecular complexity index is 704. The molecule has 1 aliphatic heterocycles. The van der Waals surface area contributed by atoms with Gasteiger partial charge in [-0.05, 0) is 37.1 Å². The minimum atomic E-state index is -0.138. The Hall–Kier alpha value is -1.99. The van der Waals surface area contributed by atoms with Gasteiger partial charge >= 0.3 is 5.69 Å². The van der Waals surface area contributed by atoms with Crippen molar-refractivity contribution in [2.75, 3.05) is 0 Å². The van der Waals surface area contributed by atoms with Crippen molar-refractivity contribution < 1.29 is 0 Å². The summed E-state index contributed by atoms with van der Waals surface area (Å²) in [5, 5.41) is 9.87. The van der Waals surface area contributed by atoms with Crippen molar-refractivity contribution in [3.8, 4) is 11.8 Å². The zero-order valence-electron chi connectivity index (χ0n) is 9.56. The molecular formula is C13H10ClN3O. The molecule has 0 atom stereocenters. The van der Waals surface area contributed by atoms with Gasteiger partial charge in [0.05, 0.1) is 11.4 Å². The number of imidazole rings is 1. The van der Waals surface area contributed by atoms with Crippen molar-refractivity contribution in [1.82, 2.24) is 9.13 Å². The molecule has 0 aliphatic carbocycles. The van der Waals surface area contributed by atoms with Gasteiger partial charge < -0.3 is 0 Å². The van der Waals surface area contributed by atoms with Gasteiger partial charge in [0.2, 0.25) is 0 Å². The van der Waals surface area contributed by atoms with E-state index in [4.69, 9.17) is 11.6 Å². The summed E-state index contributed by atoms with van der Waals surface area (Å²) in [6.07, 6.45) is 1.72. The van der Waals surface area contributed by atoms with Crippen LogP contribution in [-0.2, 0) is 13.0 Å². The number of rotatable bonds is 1.